The van der Waals surface area contributed by atoms with Crippen molar-refractivity contribution in [3.8, 4) is 0 Å². The molecule has 1 fully saturated rings. The molecule has 1 aliphatic carbocycles. The Hall–Kier alpha value is -0.960. The van der Waals surface area contributed by atoms with Crippen LogP contribution in [0.2, 0.25) is 0 Å². The standard InChI is InChI=1S/C14H22N2O/c1-3-10-5-6-11(7-10)14-15-8-12(9-17)13(4-2)16-14/h8,10-11,17H,3-7,9H2,1-2H3. The minimum atomic E-state index is 0.0473. The predicted molar refractivity (Wildman–Crippen MR) is 67.7 cm³/mol. The number of aliphatic hydroxyl groups is 1. The molecule has 17 heavy (non-hydrogen) atoms. The molecule has 3 nitrogen and oxygen atoms in total. The van der Waals surface area contributed by atoms with Gasteiger partial charge in [-0.3, -0.25) is 0 Å². The first-order chi connectivity index (χ1) is 8.28. The third-order valence-corrected chi connectivity index (χ3v) is 3.96. The second-order valence-corrected chi connectivity index (χ2v) is 5.00. The normalized spacial score (nSPS) is 24.2. The smallest absolute Gasteiger partial charge is 0.131 e. The number of hydrogen-bond acceptors (Lipinski definition) is 3. The van der Waals surface area contributed by atoms with Crippen LogP contribution in [0.5, 0.6) is 0 Å². The SMILES string of the molecule is CCc1nc(C2CCC(CC)C2)ncc1CO. The Morgan fingerprint density at radius 2 is 2.18 bits per heavy atom. The first-order valence-corrected chi connectivity index (χ1v) is 6.74. The topological polar surface area (TPSA) is 46.0 Å². The van der Waals surface area contributed by atoms with Crippen LogP contribution < -0.4 is 0 Å². The van der Waals surface area contributed by atoms with Gasteiger partial charge in [0.05, 0.1) is 6.61 Å². The minimum Gasteiger partial charge on any atom is -0.392 e. The number of aliphatic hydroxyl groups excluding tert-OH is 1. The number of aryl methyl sites for hydroxylation is 1. The predicted octanol–water partition coefficient (Wildman–Crippen LogP) is 2.83. The van der Waals surface area contributed by atoms with Crippen LogP contribution >= 0.6 is 0 Å². The summed E-state index contributed by atoms with van der Waals surface area (Å²) in [6.07, 6.45) is 7.72. The number of nitrogens with zero attached hydrogens (tertiary/aromatic N) is 2. The first kappa shape index (κ1) is 12.5. The monoisotopic (exact) mass is 234 g/mol. The number of hydrogen-bond donors (Lipinski definition) is 1. The van der Waals surface area contributed by atoms with E-state index in [4.69, 9.17) is 0 Å². The zero-order chi connectivity index (χ0) is 12.3. The molecule has 1 heterocycles. The molecule has 0 spiro atoms. The number of rotatable bonds is 4. The maximum absolute atomic E-state index is 9.21. The van der Waals surface area contributed by atoms with Crippen molar-refractivity contribution in [1.29, 1.82) is 0 Å². The lowest BCUT2D eigenvalue weighted by Crippen LogP contribution is -2.07. The fraction of sp³-hybridized carbons (Fsp3) is 0.714. The van der Waals surface area contributed by atoms with Gasteiger partial charge in [0.2, 0.25) is 0 Å². The van der Waals surface area contributed by atoms with E-state index in [0.29, 0.717) is 5.92 Å². The molecule has 0 saturated heterocycles. The Labute approximate surface area is 103 Å². The first-order valence-electron chi connectivity index (χ1n) is 6.74. The molecule has 1 N–H and O–H groups in total. The maximum Gasteiger partial charge on any atom is 0.131 e. The Morgan fingerprint density at radius 1 is 1.35 bits per heavy atom. The van der Waals surface area contributed by atoms with Crippen LogP contribution in [0.3, 0.4) is 0 Å². The molecular formula is C14H22N2O. The zero-order valence-corrected chi connectivity index (χ0v) is 10.8. The van der Waals surface area contributed by atoms with Crippen LogP contribution in [-0.4, -0.2) is 15.1 Å². The summed E-state index contributed by atoms with van der Waals surface area (Å²) in [6.45, 7) is 4.39. The summed E-state index contributed by atoms with van der Waals surface area (Å²) >= 11 is 0. The van der Waals surface area contributed by atoms with Gasteiger partial charge in [-0.1, -0.05) is 20.3 Å². The highest BCUT2D eigenvalue weighted by atomic mass is 16.3. The second kappa shape index (κ2) is 5.58. The van der Waals surface area contributed by atoms with E-state index in [1.54, 1.807) is 6.20 Å². The summed E-state index contributed by atoms with van der Waals surface area (Å²) in [5.41, 5.74) is 1.89. The summed E-state index contributed by atoms with van der Waals surface area (Å²) in [5, 5.41) is 9.21. The van der Waals surface area contributed by atoms with E-state index in [-0.39, 0.29) is 6.61 Å². The summed E-state index contributed by atoms with van der Waals surface area (Å²) < 4.78 is 0. The van der Waals surface area contributed by atoms with E-state index in [1.165, 1.54) is 25.7 Å². The van der Waals surface area contributed by atoms with Gasteiger partial charge in [-0.2, -0.15) is 0 Å². The third-order valence-electron chi connectivity index (χ3n) is 3.96. The van der Waals surface area contributed by atoms with Crippen LogP contribution in [0.1, 0.15) is 62.5 Å². The van der Waals surface area contributed by atoms with Gasteiger partial charge < -0.3 is 5.11 Å². The van der Waals surface area contributed by atoms with E-state index in [1.807, 2.05) is 0 Å². The molecule has 2 unspecified atom stereocenters. The van der Waals surface area contributed by atoms with Crippen molar-refractivity contribution < 1.29 is 5.11 Å². The van der Waals surface area contributed by atoms with E-state index >= 15 is 0 Å². The molecule has 94 valence electrons. The third kappa shape index (κ3) is 2.65. The van der Waals surface area contributed by atoms with Gasteiger partial charge in [0, 0.05) is 23.4 Å². The van der Waals surface area contributed by atoms with Crippen molar-refractivity contribution >= 4 is 0 Å². The highest BCUT2D eigenvalue weighted by Gasteiger charge is 2.26. The highest BCUT2D eigenvalue weighted by molar-refractivity contribution is 5.18. The van der Waals surface area contributed by atoms with Crippen LogP contribution in [0.15, 0.2) is 6.20 Å². The van der Waals surface area contributed by atoms with E-state index < -0.39 is 0 Å². The van der Waals surface area contributed by atoms with Gasteiger partial charge >= 0.3 is 0 Å². The second-order valence-electron chi connectivity index (χ2n) is 5.00. The summed E-state index contributed by atoms with van der Waals surface area (Å²) in [6, 6.07) is 0. The lowest BCUT2D eigenvalue weighted by Gasteiger charge is -2.11. The van der Waals surface area contributed by atoms with Crippen molar-refractivity contribution in [2.45, 2.75) is 58.5 Å². The summed E-state index contributed by atoms with van der Waals surface area (Å²) in [7, 11) is 0. The van der Waals surface area contributed by atoms with E-state index in [0.717, 1.165) is 29.4 Å². The molecule has 0 aromatic carbocycles. The van der Waals surface area contributed by atoms with Gasteiger partial charge in [-0.15, -0.1) is 0 Å². The quantitative estimate of drug-likeness (QED) is 0.871. The van der Waals surface area contributed by atoms with Crippen LogP contribution in [0.4, 0.5) is 0 Å². The van der Waals surface area contributed by atoms with Gasteiger partial charge in [0.15, 0.2) is 0 Å². The van der Waals surface area contributed by atoms with Crippen molar-refractivity contribution in [2.24, 2.45) is 5.92 Å². The maximum atomic E-state index is 9.21. The van der Waals surface area contributed by atoms with Gasteiger partial charge in [0.1, 0.15) is 5.82 Å². The molecule has 0 amide bonds. The van der Waals surface area contributed by atoms with E-state index in [9.17, 15) is 5.11 Å². The Bertz CT molecular complexity index is 378. The molecule has 0 aliphatic heterocycles. The molecule has 1 aromatic heterocycles. The highest BCUT2D eigenvalue weighted by Crippen LogP contribution is 2.38. The Balaban J connectivity index is 2.16. The summed E-state index contributed by atoms with van der Waals surface area (Å²) in [5.74, 6) is 2.39. The fourth-order valence-corrected chi connectivity index (χ4v) is 2.77. The van der Waals surface area contributed by atoms with Crippen molar-refractivity contribution in [3.05, 3.63) is 23.3 Å². The molecule has 2 rings (SSSR count). The zero-order valence-electron chi connectivity index (χ0n) is 10.8. The van der Waals surface area contributed by atoms with Gasteiger partial charge in [0.25, 0.3) is 0 Å². The molecule has 0 radical (unpaired) electrons. The summed E-state index contributed by atoms with van der Waals surface area (Å²) in [4.78, 5) is 9.08. The molecule has 3 heteroatoms. The van der Waals surface area contributed by atoms with Crippen LogP contribution in [0.25, 0.3) is 0 Å². The Kier molecular flexibility index (Phi) is 4.11. The van der Waals surface area contributed by atoms with Crippen molar-refractivity contribution in [3.63, 3.8) is 0 Å². The average Bonchev–Trinajstić information content (AvgIpc) is 2.86. The van der Waals surface area contributed by atoms with Crippen LogP contribution in [0, 0.1) is 5.92 Å². The molecule has 0 bridgehead atoms. The van der Waals surface area contributed by atoms with E-state index in [2.05, 4.69) is 23.8 Å². The van der Waals surface area contributed by atoms with Crippen LogP contribution in [-0.2, 0) is 13.0 Å². The molecule has 1 saturated carbocycles. The number of aromatic nitrogens is 2. The average molecular weight is 234 g/mol. The molecule has 1 aliphatic rings. The van der Waals surface area contributed by atoms with Crippen molar-refractivity contribution in [2.75, 3.05) is 0 Å². The lowest BCUT2D eigenvalue weighted by molar-refractivity contribution is 0.279. The Morgan fingerprint density at radius 3 is 2.76 bits per heavy atom. The largest absolute Gasteiger partial charge is 0.392 e. The molecular weight excluding hydrogens is 212 g/mol. The molecule has 2 atom stereocenters. The minimum absolute atomic E-state index is 0.0473. The van der Waals surface area contributed by atoms with Gasteiger partial charge in [-0.05, 0) is 31.6 Å². The van der Waals surface area contributed by atoms with Crippen molar-refractivity contribution in [1.82, 2.24) is 9.97 Å². The lowest BCUT2D eigenvalue weighted by atomic mass is 10.0. The molecule has 1 aromatic rings. The fourth-order valence-electron chi connectivity index (χ4n) is 2.77. The van der Waals surface area contributed by atoms with Gasteiger partial charge in [-0.25, -0.2) is 9.97 Å².